The van der Waals surface area contributed by atoms with Crippen molar-refractivity contribution in [3.63, 3.8) is 0 Å². The zero-order valence-corrected chi connectivity index (χ0v) is 20.7. The average molecular weight is 536 g/mol. The Bertz CT molecular complexity index is 1190. The third-order valence-electron chi connectivity index (χ3n) is 4.63. The van der Waals surface area contributed by atoms with E-state index in [-0.39, 0.29) is 22.0 Å². The van der Waals surface area contributed by atoms with Crippen LogP contribution in [0, 0.1) is 0 Å². The van der Waals surface area contributed by atoms with Crippen LogP contribution in [0.5, 0.6) is 23.0 Å². The lowest BCUT2D eigenvalue weighted by atomic mass is 10.1. The predicted octanol–water partition coefficient (Wildman–Crippen LogP) is 4.68. The van der Waals surface area contributed by atoms with Crippen LogP contribution in [-0.4, -0.2) is 52.3 Å². The van der Waals surface area contributed by atoms with Gasteiger partial charge in [-0.15, -0.1) is 10.2 Å². The molecule has 0 saturated heterocycles. The predicted molar refractivity (Wildman–Crippen MR) is 128 cm³/mol. The summed E-state index contributed by atoms with van der Waals surface area (Å²) in [6, 6.07) is 8.53. The molecule has 174 valence electrons. The monoisotopic (exact) mass is 535 g/mol. The molecule has 0 saturated carbocycles. The number of hydrogen-bond acceptors (Lipinski definition) is 8. The molecule has 0 amide bonds. The Morgan fingerprint density at radius 1 is 1.09 bits per heavy atom. The molecule has 1 aromatic heterocycles. The third-order valence-corrected chi connectivity index (χ3v) is 6.09. The molecule has 0 unspecified atom stereocenters. The van der Waals surface area contributed by atoms with Crippen molar-refractivity contribution in [1.82, 2.24) is 14.8 Å². The maximum atomic E-state index is 12.0. The molecule has 0 atom stereocenters. The first-order valence-corrected chi connectivity index (χ1v) is 11.3. The lowest BCUT2D eigenvalue weighted by molar-refractivity contribution is -0.131. The highest BCUT2D eigenvalue weighted by Gasteiger charge is 2.20. The molecule has 1 heterocycles. The van der Waals surface area contributed by atoms with Crippen LogP contribution >= 0.6 is 27.7 Å². The van der Waals surface area contributed by atoms with Crippen molar-refractivity contribution >= 4 is 39.7 Å². The smallest absolute Gasteiger partial charge is 0.342 e. The number of phenols is 1. The van der Waals surface area contributed by atoms with Gasteiger partial charge in [-0.2, -0.15) is 0 Å². The third kappa shape index (κ3) is 5.42. The largest absolute Gasteiger partial charge is 0.504 e. The van der Waals surface area contributed by atoms with Gasteiger partial charge in [0.1, 0.15) is 16.4 Å². The van der Waals surface area contributed by atoms with Crippen molar-refractivity contribution in [1.29, 1.82) is 0 Å². The van der Waals surface area contributed by atoms with Gasteiger partial charge in [0.05, 0.1) is 21.3 Å². The number of aliphatic carboxylic acids is 1. The van der Waals surface area contributed by atoms with E-state index in [4.69, 9.17) is 14.2 Å². The summed E-state index contributed by atoms with van der Waals surface area (Å²) < 4.78 is 18.2. The van der Waals surface area contributed by atoms with Gasteiger partial charge >= 0.3 is 5.97 Å². The van der Waals surface area contributed by atoms with Crippen LogP contribution in [0.25, 0.3) is 17.5 Å². The van der Waals surface area contributed by atoms with Gasteiger partial charge in [-0.05, 0) is 49.0 Å². The van der Waals surface area contributed by atoms with Gasteiger partial charge in [0.2, 0.25) is 0 Å². The Balaban J connectivity index is 2.04. The van der Waals surface area contributed by atoms with Crippen LogP contribution in [0.3, 0.4) is 0 Å². The fraction of sp³-hybridized carbons (Fsp3) is 0.227. The van der Waals surface area contributed by atoms with Gasteiger partial charge in [0, 0.05) is 28.2 Å². The molecule has 0 aliphatic heterocycles. The molecule has 9 nitrogen and oxygen atoms in total. The van der Waals surface area contributed by atoms with Crippen LogP contribution in [-0.2, 0) is 11.3 Å². The van der Waals surface area contributed by atoms with Crippen LogP contribution in [0.4, 0.5) is 0 Å². The van der Waals surface area contributed by atoms with E-state index in [0.717, 1.165) is 11.8 Å². The highest BCUT2D eigenvalue weighted by molar-refractivity contribution is 9.10. The molecule has 2 N–H and O–H groups in total. The summed E-state index contributed by atoms with van der Waals surface area (Å²) in [5.41, 5.74) is 0.995. The minimum atomic E-state index is -1.17. The average Bonchev–Trinajstić information content (AvgIpc) is 3.22. The van der Waals surface area contributed by atoms with Gasteiger partial charge in [-0.25, -0.2) is 4.79 Å². The highest BCUT2D eigenvalue weighted by Crippen LogP contribution is 2.38. The van der Waals surface area contributed by atoms with Gasteiger partial charge in [-0.3, -0.25) is 0 Å². The topological polar surface area (TPSA) is 116 Å². The number of halogens is 1. The summed E-state index contributed by atoms with van der Waals surface area (Å²) in [7, 11) is 4.53. The first-order valence-electron chi connectivity index (χ1n) is 9.67. The van der Waals surface area contributed by atoms with E-state index >= 15 is 0 Å². The van der Waals surface area contributed by atoms with Gasteiger partial charge in [0.15, 0.2) is 22.5 Å². The molecule has 3 aromatic rings. The number of methoxy groups -OCH3 is 3. The summed E-state index contributed by atoms with van der Waals surface area (Å²) in [6.07, 6.45) is 1.36. The van der Waals surface area contributed by atoms with E-state index < -0.39 is 5.97 Å². The zero-order valence-electron chi connectivity index (χ0n) is 18.3. The second-order valence-electron chi connectivity index (χ2n) is 6.61. The number of hydrogen-bond donors (Lipinski definition) is 2. The molecule has 2 aromatic carbocycles. The van der Waals surface area contributed by atoms with E-state index in [0.29, 0.717) is 39.1 Å². The van der Waals surface area contributed by atoms with Crippen molar-refractivity contribution in [2.45, 2.75) is 18.6 Å². The van der Waals surface area contributed by atoms with Gasteiger partial charge in [0.25, 0.3) is 0 Å². The highest BCUT2D eigenvalue weighted by atomic mass is 79.9. The molecular formula is C22H22BrN3O6S. The standard InChI is InChI=1S/C22H22BrN3O6S/c1-5-26-20(13-7-15(30-2)11-16(8-13)31-3)24-25-22(26)33-18(21(28)29)9-12-6-14(23)10-17(32-4)19(12)27/h6-11,27H,5H2,1-4H3,(H,28,29)/b18-9-. The second-order valence-corrected chi connectivity index (χ2v) is 8.54. The van der Waals surface area contributed by atoms with E-state index in [2.05, 4.69) is 26.1 Å². The number of carboxylic acids is 1. The fourth-order valence-corrected chi connectivity index (χ4v) is 4.37. The minimum Gasteiger partial charge on any atom is -0.504 e. The van der Waals surface area contributed by atoms with E-state index in [9.17, 15) is 15.0 Å². The van der Waals surface area contributed by atoms with Crippen molar-refractivity contribution in [2.75, 3.05) is 21.3 Å². The van der Waals surface area contributed by atoms with Crippen molar-refractivity contribution in [3.05, 3.63) is 45.3 Å². The SMILES string of the molecule is CCn1c(S/C(=C\c2cc(Br)cc(OC)c2O)C(=O)O)nnc1-c1cc(OC)cc(OC)c1. The molecular weight excluding hydrogens is 514 g/mol. The number of carbonyl (C=O) groups is 1. The van der Waals surface area contributed by atoms with Crippen molar-refractivity contribution < 1.29 is 29.2 Å². The number of thioether (sulfide) groups is 1. The first-order chi connectivity index (χ1) is 15.8. The fourth-order valence-electron chi connectivity index (χ4n) is 3.03. The number of rotatable bonds is 9. The zero-order chi connectivity index (χ0) is 24.1. The minimum absolute atomic E-state index is 0.0534. The summed E-state index contributed by atoms with van der Waals surface area (Å²) in [4.78, 5) is 11.9. The van der Waals surface area contributed by atoms with Crippen molar-refractivity contribution in [3.8, 4) is 34.4 Å². The maximum absolute atomic E-state index is 12.0. The van der Waals surface area contributed by atoms with Gasteiger partial charge in [-0.1, -0.05) is 15.9 Å². The Morgan fingerprint density at radius 3 is 2.30 bits per heavy atom. The van der Waals surface area contributed by atoms with Crippen molar-refractivity contribution in [2.24, 2.45) is 0 Å². The van der Waals surface area contributed by atoms with Crippen LogP contribution in [0.1, 0.15) is 12.5 Å². The molecule has 0 aliphatic carbocycles. The summed E-state index contributed by atoms with van der Waals surface area (Å²) in [5, 5.41) is 29.1. The maximum Gasteiger partial charge on any atom is 0.342 e. The Kier molecular flexibility index (Phi) is 7.88. The second kappa shape index (κ2) is 10.6. The van der Waals surface area contributed by atoms with Crippen LogP contribution in [0.2, 0.25) is 0 Å². The molecule has 0 bridgehead atoms. The number of ether oxygens (including phenoxy) is 3. The quantitative estimate of drug-likeness (QED) is 0.297. The molecule has 3 rings (SSSR count). The number of phenolic OH excluding ortho intramolecular Hbond substituents is 1. The van der Waals surface area contributed by atoms with E-state index in [1.54, 1.807) is 49.1 Å². The van der Waals surface area contributed by atoms with E-state index in [1.807, 2.05) is 6.92 Å². The molecule has 33 heavy (non-hydrogen) atoms. The van der Waals surface area contributed by atoms with Crippen LogP contribution in [0.15, 0.2) is 44.9 Å². The lowest BCUT2D eigenvalue weighted by Crippen LogP contribution is -2.03. The molecule has 0 aliphatic rings. The summed E-state index contributed by atoms with van der Waals surface area (Å²) in [6.45, 7) is 2.40. The number of aromatic nitrogens is 3. The van der Waals surface area contributed by atoms with Crippen LogP contribution < -0.4 is 14.2 Å². The normalized spacial score (nSPS) is 11.4. The molecule has 0 spiro atoms. The number of aromatic hydroxyl groups is 1. The summed E-state index contributed by atoms with van der Waals surface area (Å²) >= 11 is 4.26. The number of benzene rings is 2. The summed E-state index contributed by atoms with van der Waals surface area (Å²) in [5.74, 6) is 0.601. The Morgan fingerprint density at radius 2 is 1.76 bits per heavy atom. The lowest BCUT2D eigenvalue weighted by Gasteiger charge is -2.11. The van der Waals surface area contributed by atoms with E-state index in [1.165, 1.54) is 13.2 Å². The molecule has 11 heteroatoms. The number of nitrogens with zero attached hydrogens (tertiary/aromatic N) is 3. The Hall–Kier alpha value is -3.18. The Labute approximate surface area is 203 Å². The van der Waals surface area contributed by atoms with Gasteiger partial charge < -0.3 is 29.0 Å². The molecule has 0 fully saturated rings. The number of carboxylic acid groups (broad SMARTS) is 1. The molecule has 0 radical (unpaired) electrons. The first kappa shape index (κ1) is 24.5.